The first kappa shape index (κ1) is 27.1. The highest BCUT2D eigenvalue weighted by Crippen LogP contribution is 2.53. The van der Waals surface area contributed by atoms with E-state index >= 15 is 0 Å². The smallest absolute Gasteiger partial charge is 0.302 e. The Kier molecular flexibility index (Phi) is 14.0. The number of rotatable bonds is 17. The number of unbranched alkanes of at least 4 members (excludes halogenated alkanes) is 11. The van der Waals surface area contributed by atoms with Crippen LogP contribution in [0, 0.1) is 11.8 Å². The van der Waals surface area contributed by atoms with Gasteiger partial charge >= 0.3 is 7.82 Å². The third kappa shape index (κ3) is 11.9. The van der Waals surface area contributed by atoms with Crippen LogP contribution in [0.15, 0.2) is 0 Å². The molecule has 0 aliphatic heterocycles. The van der Waals surface area contributed by atoms with Crippen LogP contribution >= 0.6 is 7.82 Å². The van der Waals surface area contributed by atoms with Gasteiger partial charge in [0.25, 0.3) is 0 Å². The molecule has 0 bridgehead atoms. The van der Waals surface area contributed by atoms with E-state index in [-0.39, 0.29) is 0 Å². The van der Waals surface area contributed by atoms with Crippen LogP contribution in [0.1, 0.15) is 130 Å². The Morgan fingerprint density at radius 2 is 1.45 bits per heavy atom. The zero-order valence-corrected chi connectivity index (χ0v) is 20.7. The van der Waals surface area contributed by atoms with Gasteiger partial charge in [0.15, 0.2) is 0 Å². The summed E-state index contributed by atoms with van der Waals surface area (Å²) in [5.74, 6) is 0.753. The van der Waals surface area contributed by atoms with Crippen molar-refractivity contribution in [1.82, 2.24) is 0 Å². The van der Waals surface area contributed by atoms with Crippen molar-refractivity contribution < 1.29 is 18.5 Å². The molecule has 1 aliphatic rings. The van der Waals surface area contributed by atoms with Crippen LogP contribution in [0.4, 0.5) is 0 Å². The molecule has 0 heterocycles. The van der Waals surface area contributed by atoms with Gasteiger partial charge in [-0.3, -0.25) is 9.05 Å². The molecule has 3 unspecified atom stereocenters. The van der Waals surface area contributed by atoms with Crippen molar-refractivity contribution >= 4 is 7.82 Å². The summed E-state index contributed by atoms with van der Waals surface area (Å²) in [7, 11) is -3.99. The molecular weight excluding hydrogens is 383 g/mol. The molecular formula is C24H49O4P. The minimum atomic E-state index is -3.99. The summed E-state index contributed by atoms with van der Waals surface area (Å²) in [6.45, 7) is 8.91. The van der Waals surface area contributed by atoms with Crippen LogP contribution in [0.25, 0.3) is 0 Å². The van der Waals surface area contributed by atoms with E-state index in [0.29, 0.717) is 18.4 Å². The summed E-state index contributed by atoms with van der Waals surface area (Å²) in [6, 6.07) is 0. The monoisotopic (exact) mass is 432 g/mol. The molecule has 174 valence electrons. The highest BCUT2D eigenvalue weighted by molar-refractivity contribution is 7.47. The van der Waals surface area contributed by atoms with E-state index < -0.39 is 13.4 Å². The summed E-state index contributed by atoms with van der Waals surface area (Å²) in [6.07, 6.45) is 19.4. The van der Waals surface area contributed by atoms with Gasteiger partial charge in [0.1, 0.15) is 0 Å². The topological polar surface area (TPSA) is 55.8 Å². The first-order valence-corrected chi connectivity index (χ1v) is 14.0. The fourth-order valence-electron chi connectivity index (χ4n) is 4.90. The summed E-state index contributed by atoms with van der Waals surface area (Å²) in [5.41, 5.74) is -0.548. The Bertz CT molecular complexity index is 454. The highest BCUT2D eigenvalue weighted by atomic mass is 31.2. The maximum absolute atomic E-state index is 12.5. The van der Waals surface area contributed by atoms with Crippen molar-refractivity contribution in [3.8, 4) is 0 Å². The molecule has 0 amide bonds. The van der Waals surface area contributed by atoms with Gasteiger partial charge in [-0.15, -0.1) is 0 Å². The van der Waals surface area contributed by atoms with Crippen LogP contribution in [0.3, 0.4) is 0 Å². The van der Waals surface area contributed by atoms with Crippen molar-refractivity contribution in [2.24, 2.45) is 11.8 Å². The number of phosphoric ester groups is 1. The summed E-state index contributed by atoms with van der Waals surface area (Å²) < 4.78 is 23.5. The van der Waals surface area contributed by atoms with E-state index in [1.165, 1.54) is 70.6 Å². The van der Waals surface area contributed by atoms with E-state index in [4.69, 9.17) is 9.05 Å². The molecule has 0 saturated heterocycles. The largest absolute Gasteiger partial charge is 0.472 e. The second-order valence-corrected chi connectivity index (χ2v) is 11.1. The minimum Gasteiger partial charge on any atom is -0.302 e. The molecule has 1 aliphatic carbocycles. The Hall–Kier alpha value is 0.110. The zero-order valence-electron chi connectivity index (χ0n) is 19.8. The first-order valence-electron chi connectivity index (χ1n) is 12.5. The molecule has 1 fully saturated rings. The van der Waals surface area contributed by atoms with Crippen molar-refractivity contribution in [2.45, 2.75) is 136 Å². The maximum atomic E-state index is 12.5. The molecule has 0 aromatic heterocycles. The Morgan fingerprint density at radius 1 is 0.931 bits per heavy atom. The third-order valence-electron chi connectivity index (χ3n) is 6.60. The SMILES string of the molecule is CCCCCCCCCCCCCCOP(=O)(O)OC1(C)CCCCC1C(C)C. The first-order chi connectivity index (χ1) is 13.8. The van der Waals surface area contributed by atoms with Gasteiger partial charge in [-0.05, 0) is 38.0 Å². The second-order valence-electron chi connectivity index (χ2n) is 9.69. The second kappa shape index (κ2) is 15.0. The van der Waals surface area contributed by atoms with E-state index in [1.807, 2.05) is 6.92 Å². The molecule has 0 aromatic rings. The molecule has 5 heteroatoms. The molecule has 1 N–H and O–H groups in total. The average Bonchev–Trinajstić information content (AvgIpc) is 2.64. The zero-order chi connectivity index (χ0) is 21.6. The van der Waals surface area contributed by atoms with Crippen molar-refractivity contribution in [2.75, 3.05) is 6.61 Å². The minimum absolute atomic E-state index is 0.312. The van der Waals surface area contributed by atoms with Gasteiger partial charge in [0, 0.05) is 0 Å². The van der Waals surface area contributed by atoms with Crippen LogP contribution in [0.5, 0.6) is 0 Å². The van der Waals surface area contributed by atoms with Gasteiger partial charge in [-0.1, -0.05) is 104 Å². The van der Waals surface area contributed by atoms with Crippen LogP contribution in [-0.4, -0.2) is 17.1 Å². The number of phosphoric acid groups is 1. The van der Waals surface area contributed by atoms with Crippen molar-refractivity contribution in [3.63, 3.8) is 0 Å². The number of hydrogen-bond acceptors (Lipinski definition) is 3. The van der Waals surface area contributed by atoms with E-state index in [2.05, 4.69) is 20.8 Å². The molecule has 0 aromatic carbocycles. The Balaban J connectivity index is 2.09. The van der Waals surface area contributed by atoms with Gasteiger partial charge in [-0.25, -0.2) is 4.57 Å². The fraction of sp³-hybridized carbons (Fsp3) is 1.00. The van der Waals surface area contributed by atoms with Gasteiger partial charge in [-0.2, -0.15) is 0 Å². The Labute approximate surface area is 181 Å². The summed E-state index contributed by atoms with van der Waals surface area (Å²) in [4.78, 5) is 10.2. The number of hydrogen-bond donors (Lipinski definition) is 1. The molecule has 1 rings (SSSR count). The average molecular weight is 433 g/mol. The van der Waals surface area contributed by atoms with Crippen molar-refractivity contribution in [1.29, 1.82) is 0 Å². The molecule has 4 nitrogen and oxygen atoms in total. The molecule has 0 spiro atoms. The third-order valence-corrected chi connectivity index (χ3v) is 7.76. The fourth-order valence-corrected chi connectivity index (χ4v) is 6.06. The van der Waals surface area contributed by atoms with E-state index in [0.717, 1.165) is 32.1 Å². The lowest BCUT2D eigenvalue weighted by Gasteiger charge is -2.43. The maximum Gasteiger partial charge on any atom is 0.472 e. The van der Waals surface area contributed by atoms with Crippen LogP contribution < -0.4 is 0 Å². The molecule has 1 saturated carbocycles. The van der Waals surface area contributed by atoms with Gasteiger partial charge < -0.3 is 4.89 Å². The van der Waals surface area contributed by atoms with Crippen LogP contribution in [0.2, 0.25) is 0 Å². The lowest BCUT2D eigenvalue weighted by atomic mass is 9.71. The standard InChI is InChI=1S/C24H49O4P/c1-5-6-7-8-9-10-11-12-13-14-15-18-21-27-29(25,26)28-24(4)20-17-16-19-23(24)22(2)3/h22-23H,5-21H2,1-4H3,(H,25,26). The van der Waals surface area contributed by atoms with Gasteiger partial charge in [0.05, 0.1) is 12.2 Å². The lowest BCUT2D eigenvalue weighted by molar-refractivity contribution is -0.0514. The van der Waals surface area contributed by atoms with E-state index in [9.17, 15) is 9.46 Å². The predicted octanol–water partition coefficient (Wildman–Crippen LogP) is 8.43. The summed E-state index contributed by atoms with van der Waals surface area (Å²) in [5, 5.41) is 0. The summed E-state index contributed by atoms with van der Waals surface area (Å²) >= 11 is 0. The highest BCUT2D eigenvalue weighted by Gasteiger charge is 2.44. The van der Waals surface area contributed by atoms with Crippen LogP contribution in [-0.2, 0) is 13.6 Å². The lowest BCUT2D eigenvalue weighted by Crippen LogP contribution is -2.42. The predicted molar refractivity (Wildman–Crippen MR) is 123 cm³/mol. The van der Waals surface area contributed by atoms with E-state index in [1.54, 1.807) is 0 Å². The Morgan fingerprint density at radius 3 is 1.97 bits per heavy atom. The van der Waals surface area contributed by atoms with Crippen molar-refractivity contribution in [3.05, 3.63) is 0 Å². The molecule has 0 radical (unpaired) electrons. The normalized spacial score (nSPS) is 24.7. The molecule has 3 atom stereocenters. The molecule has 29 heavy (non-hydrogen) atoms. The quantitative estimate of drug-likeness (QED) is 0.185. The van der Waals surface area contributed by atoms with Gasteiger partial charge in [0.2, 0.25) is 0 Å².